The molecule has 0 spiro atoms. The topological polar surface area (TPSA) is 107 Å². The minimum atomic E-state index is -4.22. The zero-order chi connectivity index (χ0) is 10.8. The minimum absolute atomic E-state index is 0.102. The first-order valence-electron chi connectivity index (χ1n) is 3.44. The molecule has 7 heteroatoms. The molecule has 0 bridgehead atoms. The van der Waals surface area contributed by atoms with E-state index in [1.54, 1.807) is 0 Å². The minimum Gasteiger partial charge on any atom is -0.411 e. The van der Waals surface area contributed by atoms with Crippen molar-refractivity contribution < 1.29 is 22.5 Å². The van der Waals surface area contributed by atoms with Gasteiger partial charge in [0.2, 0.25) is 0 Å². The Morgan fingerprint density at radius 2 is 1.79 bits per heavy atom. The lowest BCUT2D eigenvalue weighted by atomic mass is 10.3. The Morgan fingerprint density at radius 1 is 1.29 bits per heavy atom. The molecule has 1 aromatic carbocycles. The van der Waals surface area contributed by atoms with Gasteiger partial charge in [-0.15, -0.1) is 0 Å². The number of hydrogen-bond acceptors (Lipinski definition) is 4. The van der Waals surface area contributed by atoms with E-state index in [1.807, 2.05) is 0 Å². The number of nitrogens with two attached hydrogens (primary N) is 1. The van der Waals surface area contributed by atoms with E-state index in [2.05, 4.69) is 4.74 Å². The Labute approximate surface area is 80.0 Å². The van der Waals surface area contributed by atoms with Crippen molar-refractivity contribution in [3.8, 4) is 5.75 Å². The van der Waals surface area contributed by atoms with Gasteiger partial charge in [-0.3, -0.25) is 4.55 Å². The summed E-state index contributed by atoms with van der Waals surface area (Å²) in [6.45, 7) is 0. The van der Waals surface area contributed by atoms with E-state index in [1.165, 1.54) is 12.1 Å². The lowest BCUT2D eigenvalue weighted by molar-refractivity contribution is 0.211. The molecule has 0 radical (unpaired) electrons. The molecule has 1 rings (SSSR count). The normalized spacial score (nSPS) is 10.9. The molecule has 0 saturated carbocycles. The molecule has 1 amide bonds. The second-order valence-corrected chi connectivity index (χ2v) is 3.79. The molecule has 0 aliphatic heterocycles. The monoisotopic (exact) mass is 217 g/mol. The fourth-order valence-electron chi connectivity index (χ4n) is 0.796. The van der Waals surface area contributed by atoms with Gasteiger partial charge in [0.25, 0.3) is 10.1 Å². The first-order valence-corrected chi connectivity index (χ1v) is 4.88. The maximum atomic E-state index is 10.6. The molecule has 0 atom stereocenters. The standard InChI is InChI=1S/C7H7NO5S/c8-7(9)13-5-1-3-6(4-2-5)14(10,11)12/h1-4H,(H2,8,9)(H,10,11,12). The van der Waals surface area contributed by atoms with Crippen LogP contribution in [-0.4, -0.2) is 19.1 Å². The Hall–Kier alpha value is -1.60. The number of rotatable bonds is 2. The van der Waals surface area contributed by atoms with Gasteiger partial charge in [-0.1, -0.05) is 0 Å². The molecule has 0 aromatic heterocycles. The molecule has 6 nitrogen and oxygen atoms in total. The molecule has 76 valence electrons. The predicted octanol–water partition coefficient (Wildman–Crippen LogP) is 0.391. The van der Waals surface area contributed by atoms with Gasteiger partial charge in [-0.25, -0.2) is 4.79 Å². The largest absolute Gasteiger partial charge is 0.411 e. The molecule has 0 saturated heterocycles. The summed E-state index contributed by atoms with van der Waals surface area (Å²) in [6, 6.07) is 4.59. The van der Waals surface area contributed by atoms with Crippen molar-refractivity contribution in [1.29, 1.82) is 0 Å². The number of carbonyl (C=O) groups is 1. The summed E-state index contributed by atoms with van der Waals surface area (Å²) < 4.78 is 34.2. The molecule has 0 aliphatic carbocycles. The molecule has 0 fully saturated rings. The van der Waals surface area contributed by atoms with Crippen molar-refractivity contribution in [2.24, 2.45) is 5.73 Å². The highest BCUT2D eigenvalue weighted by Gasteiger charge is 2.09. The highest BCUT2D eigenvalue weighted by atomic mass is 32.2. The summed E-state index contributed by atoms with van der Waals surface area (Å²) in [5.41, 5.74) is 4.72. The van der Waals surface area contributed by atoms with Gasteiger partial charge in [0.05, 0.1) is 4.90 Å². The van der Waals surface area contributed by atoms with Crippen LogP contribution in [0.4, 0.5) is 4.79 Å². The first kappa shape index (κ1) is 10.5. The maximum Gasteiger partial charge on any atom is 0.409 e. The zero-order valence-corrected chi connectivity index (χ0v) is 7.69. The van der Waals surface area contributed by atoms with Crippen molar-refractivity contribution >= 4 is 16.2 Å². The molecular weight excluding hydrogens is 210 g/mol. The third-order valence-electron chi connectivity index (χ3n) is 1.34. The highest BCUT2D eigenvalue weighted by molar-refractivity contribution is 7.85. The highest BCUT2D eigenvalue weighted by Crippen LogP contribution is 2.15. The number of carbonyl (C=O) groups excluding carboxylic acids is 1. The van der Waals surface area contributed by atoms with Crippen LogP contribution in [0.2, 0.25) is 0 Å². The maximum absolute atomic E-state index is 10.6. The molecule has 1 aromatic rings. The van der Waals surface area contributed by atoms with Gasteiger partial charge >= 0.3 is 6.09 Å². The van der Waals surface area contributed by atoms with E-state index < -0.39 is 16.2 Å². The molecule has 3 N–H and O–H groups in total. The molecule has 0 unspecified atom stereocenters. The fraction of sp³-hybridized carbons (Fsp3) is 0. The van der Waals surface area contributed by atoms with Crippen LogP contribution in [0.3, 0.4) is 0 Å². The fourth-order valence-corrected chi connectivity index (χ4v) is 1.28. The van der Waals surface area contributed by atoms with Gasteiger partial charge in [0, 0.05) is 0 Å². The molecular formula is C7H7NO5S. The van der Waals surface area contributed by atoms with E-state index in [0.717, 1.165) is 12.1 Å². The summed E-state index contributed by atoms with van der Waals surface area (Å²) in [6.07, 6.45) is -0.996. The van der Waals surface area contributed by atoms with Crippen molar-refractivity contribution in [3.63, 3.8) is 0 Å². The third kappa shape index (κ3) is 2.71. The molecule has 14 heavy (non-hydrogen) atoms. The van der Waals surface area contributed by atoms with E-state index in [-0.39, 0.29) is 10.6 Å². The smallest absolute Gasteiger partial charge is 0.409 e. The average molecular weight is 217 g/mol. The summed E-state index contributed by atoms with van der Waals surface area (Å²) in [4.78, 5) is 10.00. The second kappa shape index (κ2) is 3.64. The number of amides is 1. The summed E-state index contributed by atoms with van der Waals surface area (Å²) in [5, 5.41) is 0. The summed E-state index contributed by atoms with van der Waals surface area (Å²) in [5.74, 6) is 0.102. The van der Waals surface area contributed by atoms with E-state index in [0.29, 0.717) is 0 Å². The van der Waals surface area contributed by atoms with Crippen molar-refractivity contribution in [3.05, 3.63) is 24.3 Å². The van der Waals surface area contributed by atoms with Crippen LogP contribution >= 0.6 is 0 Å². The van der Waals surface area contributed by atoms with E-state index in [9.17, 15) is 13.2 Å². The van der Waals surface area contributed by atoms with Gasteiger partial charge in [0.15, 0.2) is 0 Å². The van der Waals surface area contributed by atoms with Crippen LogP contribution in [0, 0.1) is 0 Å². The summed E-state index contributed by atoms with van der Waals surface area (Å²) in [7, 11) is -4.22. The number of primary amides is 1. The van der Waals surface area contributed by atoms with Crippen LogP contribution in [0.25, 0.3) is 0 Å². The van der Waals surface area contributed by atoms with Gasteiger partial charge in [-0.05, 0) is 24.3 Å². The Balaban J connectivity index is 2.95. The average Bonchev–Trinajstić information content (AvgIpc) is 2.02. The number of benzene rings is 1. The van der Waals surface area contributed by atoms with Crippen LogP contribution in [0.15, 0.2) is 29.2 Å². The Morgan fingerprint density at radius 3 is 2.14 bits per heavy atom. The van der Waals surface area contributed by atoms with Crippen LogP contribution < -0.4 is 10.5 Å². The SMILES string of the molecule is NC(=O)Oc1ccc(S(=O)(=O)O)cc1. The number of hydrogen-bond donors (Lipinski definition) is 2. The van der Waals surface area contributed by atoms with E-state index in [4.69, 9.17) is 10.3 Å². The van der Waals surface area contributed by atoms with Crippen molar-refractivity contribution in [2.75, 3.05) is 0 Å². The van der Waals surface area contributed by atoms with Crippen LogP contribution in [-0.2, 0) is 10.1 Å². The second-order valence-electron chi connectivity index (χ2n) is 2.37. The predicted molar refractivity (Wildman–Crippen MR) is 46.5 cm³/mol. The lowest BCUT2D eigenvalue weighted by Crippen LogP contribution is -2.16. The number of ether oxygens (including phenoxy) is 1. The Bertz CT molecular complexity index is 436. The van der Waals surface area contributed by atoms with Gasteiger partial charge < -0.3 is 10.5 Å². The van der Waals surface area contributed by atoms with Gasteiger partial charge in [0.1, 0.15) is 5.75 Å². The third-order valence-corrected chi connectivity index (χ3v) is 2.21. The van der Waals surface area contributed by atoms with Crippen LogP contribution in [0.1, 0.15) is 0 Å². The van der Waals surface area contributed by atoms with Crippen molar-refractivity contribution in [1.82, 2.24) is 0 Å². The quantitative estimate of drug-likeness (QED) is 0.697. The molecule has 0 heterocycles. The summed E-state index contributed by atoms with van der Waals surface area (Å²) >= 11 is 0. The first-order chi connectivity index (χ1) is 6.39. The van der Waals surface area contributed by atoms with Crippen LogP contribution in [0.5, 0.6) is 5.75 Å². The Kier molecular flexibility index (Phi) is 2.73. The van der Waals surface area contributed by atoms with Crippen molar-refractivity contribution in [2.45, 2.75) is 4.90 Å². The van der Waals surface area contributed by atoms with Gasteiger partial charge in [-0.2, -0.15) is 8.42 Å². The molecule has 0 aliphatic rings. The zero-order valence-electron chi connectivity index (χ0n) is 6.88. The lowest BCUT2D eigenvalue weighted by Gasteiger charge is -2.00. The van der Waals surface area contributed by atoms with E-state index >= 15 is 0 Å².